The normalized spacial score (nSPS) is 14.8. The van der Waals surface area contributed by atoms with Gasteiger partial charge in [-0.1, -0.05) is 0 Å². The lowest BCUT2D eigenvalue weighted by molar-refractivity contribution is -0.143. The predicted molar refractivity (Wildman–Crippen MR) is 74.0 cm³/mol. The summed E-state index contributed by atoms with van der Waals surface area (Å²) in [6.45, 7) is 0. The van der Waals surface area contributed by atoms with Crippen LogP contribution in [0.25, 0.3) is 0 Å². The summed E-state index contributed by atoms with van der Waals surface area (Å²) in [6.07, 6.45) is -10.3. The SMILES string of the molecule is O=C1c2ccc(F)cc2C(=O)N1c1cc(C(F)(F)F)cc(C(F)(F)F)c1. The van der Waals surface area contributed by atoms with Gasteiger partial charge in [0.1, 0.15) is 5.82 Å². The van der Waals surface area contributed by atoms with Crippen molar-refractivity contribution in [3.05, 3.63) is 64.5 Å². The highest BCUT2D eigenvalue weighted by molar-refractivity contribution is 6.34. The quantitative estimate of drug-likeness (QED) is 0.535. The minimum atomic E-state index is -5.14. The number of hydrogen-bond donors (Lipinski definition) is 0. The van der Waals surface area contributed by atoms with Crippen LogP contribution in [-0.2, 0) is 12.4 Å². The summed E-state index contributed by atoms with van der Waals surface area (Å²) < 4.78 is 90.8. The van der Waals surface area contributed by atoms with Gasteiger partial charge < -0.3 is 0 Å². The summed E-state index contributed by atoms with van der Waals surface area (Å²) in [4.78, 5) is 24.7. The van der Waals surface area contributed by atoms with E-state index in [4.69, 9.17) is 0 Å². The van der Waals surface area contributed by atoms with Crippen molar-refractivity contribution in [2.75, 3.05) is 4.90 Å². The second-order valence-corrected chi connectivity index (χ2v) is 5.40. The van der Waals surface area contributed by atoms with Gasteiger partial charge in [0.05, 0.1) is 27.9 Å². The summed E-state index contributed by atoms with van der Waals surface area (Å²) >= 11 is 0. The van der Waals surface area contributed by atoms with Crippen LogP contribution < -0.4 is 4.90 Å². The Morgan fingerprint density at radius 3 is 1.69 bits per heavy atom. The molecule has 10 heteroatoms. The summed E-state index contributed by atoms with van der Waals surface area (Å²) in [5.74, 6) is -3.24. The molecule has 2 aromatic rings. The zero-order valence-corrected chi connectivity index (χ0v) is 12.4. The van der Waals surface area contributed by atoms with E-state index in [-0.39, 0.29) is 28.7 Å². The molecule has 2 aromatic carbocycles. The maximum absolute atomic E-state index is 13.3. The monoisotopic (exact) mass is 377 g/mol. The van der Waals surface area contributed by atoms with Crippen molar-refractivity contribution in [3.8, 4) is 0 Å². The first kappa shape index (κ1) is 17.9. The first-order chi connectivity index (χ1) is 11.9. The minimum Gasteiger partial charge on any atom is -0.268 e. The highest BCUT2D eigenvalue weighted by Gasteiger charge is 2.41. The summed E-state index contributed by atoms with van der Waals surface area (Å²) in [5.41, 5.74) is -5.02. The van der Waals surface area contributed by atoms with Crippen LogP contribution in [0.1, 0.15) is 31.8 Å². The fourth-order valence-corrected chi connectivity index (χ4v) is 2.52. The van der Waals surface area contributed by atoms with Crippen molar-refractivity contribution in [3.63, 3.8) is 0 Å². The fraction of sp³-hybridized carbons (Fsp3) is 0.125. The van der Waals surface area contributed by atoms with E-state index in [1.807, 2.05) is 0 Å². The highest BCUT2D eigenvalue weighted by Crippen LogP contribution is 2.40. The van der Waals surface area contributed by atoms with Crippen molar-refractivity contribution >= 4 is 17.5 Å². The van der Waals surface area contributed by atoms with Crippen LogP contribution in [0, 0.1) is 5.82 Å². The molecule has 0 unspecified atom stereocenters. The molecule has 0 N–H and O–H groups in total. The Morgan fingerprint density at radius 1 is 0.692 bits per heavy atom. The summed E-state index contributed by atoms with van der Waals surface area (Å²) in [7, 11) is 0. The Balaban J connectivity index is 2.18. The standard InChI is InChI=1S/C16H6F7NO2/c17-9-1-2-11-12(6-9)14(26)24(13(11)25)10-4-7(15(18,19)20)3-8(5-10)16(21,22)23/h1-6H. The van der Waals surface area contributed by atoms with Crippen LogP contribution in [0.4, 0.5) is 36.4 Å². The number of carbonyl (C=O) groups is 2. The topological polar surface area (TPSA) is 37.4 Å². The number of carbonyl (C=O) groups excluding carboxylic acids is 2. The van der Waals surface area contributed by atoms with Gasteiger partial charge in [0.2, 0.25) is 0 Å². The molecular weight excluding hydrogens is 371 g/mol. The molecule has 3 nitrogen and oxygen atoms in total. The molecule has 0 saturated carbocycles. The van der Waals surface area contributed by atoms with Crippen molar-refractivity contribution < 1.29 is 40.3 Å². The largest absolute Gasteiger partial charge is 0.416 e. The van der Waals surface area contributed by atoms with Crippen molar-refractivity contribution in [1.82, 2.24) is 0 Å². The lowest BCUT2D eigenvalue weighted by atomic mass is 10.1. The van der Waals surface area contributed by atoms with Gasteiger partial charge in [0, 0.05) is 0 Å². The summed E-state index contributed by atoms with van der Waals surface area (Å²) in [6, 6.07) is 2.86. The Hall–Kier alpha value is -2.91. The van der Waals surface area contributed by atoms with Gasteiger partial charge in [-0.25, -0.2) is 9.29 Å². The molecule has 0 spiro atoms. The number of rotatable bonds is 1. The number of anilines is 1. The molecule has 3 rings (SSSR count). The summed E-state index contributed by atoms with van der Waals surface area (Å²) in [5, 5.41) is 0. The molecule has 136 valence electrons. The number of imide groups is 1. The van der Waals surface area contributed by atoms with Crippen LogP contribution in [0.2, 0.25) is 0 Å². The van der Waals surface area contributed by atoms with Gasteiger partial charge in [-0.05, 0) is 36.4 Å². The first-order valence-electron chi connectivity index (χ1n) is 6.87. The highest BCUT2D eigenvalue weighted by atomic mass is 19.4. The van der Waals surface area contributed by atoms with Gasteiger partial charge in [0.25, 0.3) is 11.8 Å². The van der Waals surface area contributed by atoms with E-state index >= 15 is 0 Å². The molecule has 0 radical (unpaired) electrons. The third kappa shape index (κ3) is 2.91. The number of halogens is 7. The van der Waals surface area contributed by atoms with E-state index in [9.17, 15) is 40.3 Å². The third-order valence-electron chi connectivity index (χ3n) is 3.68. The molecule has 2 amide bonds. The van der Waals surface area contributed by atoms with Crippen LogP contribution in [0.5, 0.6) is 0 Å². The van der Waals surface area contributed by atoms with Crippen molar-refractivity contribution in [2.45, 2.75) is 12.4 Å². The number of hydrogen-bond acceptors (Lipinski definition) is 2. The van der Waals surface area contributed by atoms with Gasteiger partial charge >= 0.3 is 12.4 Å². The number of benzene rings is 2. The van der Waals surface area contributed by atoms with Gasteiger partial charge in [-0.15, -0.1) is 0 Å². The Labute approximate surface area is 140 Å². The van der Waals surface area contributed by atoms with Gasteiger partial charge in [0.15, 0.2) is 0 Å². The minimum absolute atomic E-state index is 0.124. The zero-order valence-electron chi connectivity index (χ0n) is 12.4. The average Bonchev–Trinajstić information content (AvgIpc) is 2.76. The van der Waals surface area contributed by atoms with E-state index in [2.05, 4.69) is 0 Å². The molecule has 0 aromatic heterocycles. The van der Waals surface area contributed by atoms with Crippen LogP contribution in [0.15, 0.2) is 36.4 Å². The third-order valence-corrected chi connectivity index (χ3v) is 3.68. The van der Waals surface area contributed by atoms with Crippen molar-refractivity contribution in [1.29, 1.82) is 0 Å². The van der Waals surface area contributed by atoms with E-state index in [0.29, 0.717) is 6.07 Å². The Kier molecular flexibility index (Phi) is 3.82. The second-order valence-electron chi connectivity index (χ2n) is 5.40. The fourth-order valence-electron chi connectivity index (χ4n) is 2.52. The molecule has 26 heavy (non-hydrogen) atoms. The number of nitrogens with zero attached hydrogens (tertiary/aromatic N) is 1. The molecule has 0 bridgehead atoms. The number of alkyl halides is 6. The van der Waals surface area contributed by atoms with E-state index in [1.54, 1.807) is 0 Å². The maximum atomic E-state index is 13.3. The lowest BCUT2D eigenvalue weighted by Crippen LogP contribution is -2.30. The van der Waals surface area contributed by atoms with Gasteiger partial charge in [-0.3, -0.25) is 9.59 Å². The van der Waals surface area contributed by atoms with Crippen LogP contribution in [0.3, 0.4) is 0 Å². The zero-order chi connectivity index (χ0) is 19.4. The van der Waals surface area contributed by atoms with E-state index in [1.165, 1.54) is 0 Å². The predicted octanol–water partition coefficient (Wildman–Crippen LogP) is 4.66. The average molecular weight is 377 g/mol. The number of amides is 2. The molecule has 1 heterocycles. The second kappa shape index (κ2) is 5.55. The smallest absolute Gasteiger partial charge is 0.268 e. The molecule has 1 aliphatic heterocycles. The molecule has 0 saturated heterocycles. The molecule has 0 fully saturated rings. The Bertz CT molecular complexity index is 899. The number of fused-ring (bicyclic) bond motifs is 1. The van der Waals surface area contributed by atoms with Crippen molar-refractivity contribution in [2.24, 2.45) is 0 Å². The molecule has 0 aliphatic carbocycles. The Morgan fingerprint density at radius 2 is 1.19 bits per heavy atom. The van der Waals surface area contributed by atoms with E-state index < -0.39 is 52.4 Å². The molecule has 0 atom stereocenters. The molecule has 1 aliphatic rings. The molecular formula is C16H6F7NO2. The van der Waals surface area contributed by atoms with Crippen LogP contribution >= 0.6 is 0 Å². The van der Waals surface area contributed by atoms with Gasteiger partial charge in [-0.2, -0.15) is 26.3 Å². The lowest BCUT2D eigenvalue weighted by Gasteiger charge is -2.19. The maximum Gasteiger partial charge on any atom is 0.416 e. The first-order valence-corrected chi connectivity index (χ1v) is 6.87. The van der Waals surface area contributed by atoms with Crippen LogP contribution in [-0.4, -0.2) is 11.8 Å². The van der Waals surface area contributed by atoms with E-state index in [0.717, 1.165) is 12.1 Å².